The van der Waals surface area contributed by atoms with E-state index in [0.29, 0.717) is 18.0 Å². The maximum atomic E-state index is 12.5. The molecular weight excluding hydrogens is 292 g/mol. The minimum atomic E-state index is -1.03. The minimum absolute atomic E-state index is 0.158. The summed E-state index contributed by atoms with van der Waals surface area (Å²) in [6.07, 6.45) is 2.52. The molecule has 0 saturated carbocycles. The first kappa shape index (κ1) is 15.2. The predicted molar refractivity (Wildman–Crippen MR) is 79.2 cm³/mol. The molecule has 2 N–H and O–H groups in total. The Bertz CT molecular complexity index is 620. The van der Waals surface area contributed by atoms with Crippen LogP contribution in [0.15, 0.2) is 12.1 Å². The molecule has 1 aromatic rings. The molecule has 0 bridgehead atoms. The molecule has 21 heavy (non-hydrogen) atoms. The number of aliphatic carboxylic acids is 1. The van der Waals surface area contributed by atoms with Crippen LogP contribution in [0.3, 0.4) is 0 Å². The molecular formula is C14H16N2O4S. The number of thiophene rings is 1. The average Bonchev–Trinajstić information content (AvgIpc) is 2.80. The molecule has 1 unspecified atom stereocenters. The number of carbonyl (C=O) groups is 3. The molecule has 2 amide bonds. The molecule has 0 spiro atoms. The van der Waals surface area contributed by atoms with Gasteiger partial charge in [-0.05, 0) is 31.6 Å². The number of hydrogen-bond acceptors (Lipinski definition) is 4. The number of piperazine rings is 1. The molecule has 0 aromatic carbocycles. The fraction of sp³-hybridized carbons (Fsp3) is 0.357. The van der Waals surface area contributed by atoms with E-state index in [1.54, 1.807) is 13.0 Å². The SMILES string of the molecule is Cc1cc(C(=O)N2CCNC(=O)C2C)sc1/C=C/C(=O)O. The Morgan fingerprint density at radius 2 is 2.24 bits per heavy atom. The molecule has 1 aromatic heterocycles. The third kappa shape index (κ3) is 3.30. The zero-order valence-electron chi connectivity index (χ0n) is 11.8. The van der Waals surface area contributed by atoms with E-state index in [1.807, 2.05) is 6.92 Å². The largest absolute Gasteiger partial charge is 0.478 e. The van der Waals surface area contributed by atoms with E-state index < -0.39 is 12.0 Å². The van der Waals surface area contributed by atoms with E-state index in [1.165, 1.54) is 22.3 Å². The molecule has 2 rings (SSSR count). The highest BCUT2D eigenvalue weighted by molar-refractivity contribution is 7.15. The summed E-state index contributed by atoms with van der Waals surface area (Å²) in [6, 6.07) is 1.24. The topological polar surface area (TPSA) is 86.7 Å². The third-order valence-corrected chi connectivity index (χ3v) is 4.49. The molecule has 2 heterocycles. The van der Waals surface area contributed by atoms with Crippen LogP contribution in [0.5, 0.6) is 0 Å². The number of rotatable bonds is 3. The molecule has 6 nitrogen and oxygen atoms in total. The van der Waals surface area contributed by atoms with Crippen LogP contribution in [0.25, 0.3) is 6.08 Å². The minimum Gasteiger partial charge on any atom is -0.478 e. The Morgan fingerprint density at radius 3 is 2.90 bits per heavy atom. The van der Waals surface area contributed by atoms with Crippen LogP contribution in [0, 0.1) is 6.92 Å². The Kier molecular flexibility index (Phi) is 4.42. The zero-order valence-corrected chi connectivity index (χ0v) is 12.6. The van der Waals surface area contributed by atoms with E-state index in [2.05, 4.69) is 5.32 Å². The first-order valence-corrected chi connectivity index (χ1v) is 7.32. The Morgan fingerprint density at radius 1 is 1.52 bits per heavy atom. The van der Waals surface area contributed by atoms with Crippen molar-refractivity contribution in [2.24, 2.45) is 0 Å². The molecule has 1 aliphatic heterocycles. The Balaban J connectivity index is 2.22. The van der Waals surface area contributed by atoms with E-state index >= 15 is 0 Å². The van der Waals surface area contributed by atoms with Gasteiger partial charge in [0.1, 0.15) is 6.04 Å². The Hall–Kier alpha value is -2.15. The number of aryl methyl sites for hydroxylation is 1. The smallest absolute Gasteiger partial charge is 0.328 e. The molecule has 1 aliphatic rings. The van der Waals surface area contributed by atoms with Crippen LogP contribution in [0.4, 0.5) is 0 Å². The van der Waals surface area contributed by atoms with Crippen molar-refractivity contribution in [2.45, 2.75) is 19.9 Å². The third-order valence-electron chi connectivity index (χ3n) is 3.30. The number of nitrogens with zero attached hydrogens (tertiary/aromatic N) is 1. The lowest BCUT2D eigenvalue weighted by atomic mass is 10.2. The van der Waals surface area contributed by atoms with Gasteiger partial charge in [0.2, 0.25) is 5.91 Å². The van der Waals surface area contributed by atoms with Gasteiger partial charge < -0.3 is 15.3 Å². The van der Waals surface area contributed by atoms with Crippen LogP contribution in [-0.4, -0.2) is 46.9 Å². The highest BCUT2D eigenvalue weighted by Gasteiger charge is 2.30. The van der Waals surface area contributed by atoms with Crippen molar-refractivity contribution in [3.63, 3.8) is 0 Å². The number of nitrogens with one attached hydrogen (secondary N) is 1. The molecule has 7 heteroatoms. The number of carboxylic acid groups (broad SMARTS) is 1. The number of carboxylic acids is 1. The van der Waals surface area contributed by atoms with Gasteiger partial charge in [-0.1, -0.05) is 0 Å². The van der Waals surface area contributed by atoms with Crippen molar-refractivity contribution in [1.29, 1.82) is 0 Å². The first-order chi connectivity index (χ1) is 9.90. The van der Waals surface area contributed by atoms with Crippen LogP contribution < -0.4 is 5.32 Å². The fourth-order valence-corrected chi connectivity index (χ4v) is 3.15. The summed E-state index contributed by atoms with van der Waals surface area (Å²) in [5, 5.41) is 11.4. The van der Waals surface area contributed by atoms with Gasteiger partial charge in [0.15, 0.2) is 0 Å². The number of carbonyl (C=O) groups excluding carboxylic acids is 2. The second kappa shape index (κ2) is 6.09. The van der Waals surface area contributed by atoms with Crippen LogP contribution in [-0.2, 0) is 9.59 Å². The second-order valence-corrected chi connectivity index (χ2v) is 5.88. The molecule has 0 aliphatic carbocycles. The lowest BCUT2D eigenvalue weighted by molar-refractivity contribution is -0.131. The Labute approximate surface area is 126 Å². The van der Waals surface area contributed by atoms with Gasteiger partial charge in [-0.25, -0.2) is 4.79 Å². The second-order valence-electron chi connectivity index (χ2n) is 4.80. The van der Waals surface area contributed by atoms with Crippen molar-refractivity contribution in [2.75, 3.05) is 13.1 Å². The lowest BCUT2D eigenvalue weighted by Gasteiger charge is -2.32. The van der Waals surface area contributed by atoms with Crippen molar-refractivity contribution >= 4 is 35.2 Å². The summed E-state index contributed by atoms with van der Waals surface area (Å²) in [5.41, 5.74) is 0.843. The van der Waals surface area contributed by atoms with Gasteiger partial charge in [-0.15, -0.1) is 11.3 Å². The molecule has 1 atom stereocenters. The molecule has 0 radical (unpaired) electrons. The quantitative estimate of drug-likeness (QED) is 0.819. The summed E-state index contributed by atoms with van der Waals surface area (Å²) in [4.78, 5) is 37.4. The van der Waals surface area contributed by atoms with Gasteiger partial charge >= 0.3 is 5.97 Å². The maximum Gasteiger partial charge on any atom is 0.328 e. The standard InChI is InChI=1S/C14H16N2O4S/c1-8-7-11(21-10(8)3-4-12(17)18)14(20)16-6-5-15-13(19)9(16)2/h3-4,7,9H,5-6H2,1-2H3,(H,15,19)(H,17,18)/b4-3+. The highest BCUT2D eigenvalue weighted by Crippen LogP contribution is 2.25. The van der Waals surface area contributed by atoms with Crippen LogP contribution in [0.2, 0.25) is 0 Å². The lowest BCUT2D eigenvalue weighted by Crippen LogP contribution is -2.55. The molecule has 1 saturated heterocycles. The van der Waals surface area contributed by atoms with Crippen LogP contribution >= 0.6 is 11.3 Å². The molecule has 1 fully saturated rings. The zero-order chi connectivity index (χ0) is 15.6. The predicted octanol–water partition coefficient (Wildman–Crippen LogP) is 1.11. The van der Waals surface area contributed by atoms with E-state index in [4.69, 9.17) is 5.11 Å². The van der Waals surface area contributed by atoms with Gasteiger partial charge in [0.05, 0.1) is 4.88 Å². The highest BCUT2D eigenvalue weighted by atomic mass is 32.1. The summed E-state index contributed by atoms with van der Waals surface area (Å²) in [6.45, 7) is 4.44. The van der Waals surface area contributed by atoms with Crippen molar-refractivity contribution in [3.05, 3.63) is 27.5 Å². The van der Waals surface area contributed by atoms with Crippen molar-refractivity contribution < 1.29 is 19.5 Å². The summed E-state index contributed by atoms with van der Waals surface area (Å²) in [7, 11) is 0. The van der Waals surface area contributed by atoms with Gasteiger partial charge in [0.25, 0.3) is 5.91 Å². The summed E-state index contributed by atoms with van der Waals surface area (Å²) >= 11 is 1.23. The van der Waals surface area contributed by atoms with Crippen molar-refractivity contribution in [3.8, 4) is 0 Å². The fourth-order valence-electron chi connectivity index (χ4n) is 2.12. The average molecular weight is 308 g/mol. The summed E-state index contributed by atoms with van der Waals surface area (Å²) in [5.74, 6) is -1.38. The van der Waals surface area contributed by atoms with Gasteiger partial charge in [-0.2, -0.15) is 0 Å². The van der Waals surface area contributed by atoms with E-state index in [0.717, 1.165) is 16.5 Å². The molecule has 112 valence electrons. The van der Waals surface area contributed by atoms with Gasteiger partial charge in [-0.3, -0.25) is 9.59 Å². The maximum absolute atomic E-state index is 12.5. The normalized spacial score (nSPS) is 18.9. The van der Waals surface area contributed by atoms with E-state index in [9.17, 15) is 14.4 Å². The summed E-state index contributed by atoms with van der Waals surface area (Å²) < 4.78 is 0. The van der Waals surface area contributed by atoms with Crippen molar-refractivity contribution in [1.82, 2.24) is 10.2 Å². The number of amides is 2. The first-order valence-electron chi connectivity index (χ1n) is 6.50. The van der Waals surface area contributed by atoms with Crippen LogP contribution in [0.1, 0.15) is 27.0 Å². The monoisotopic (exact) mass is 308 g/mol. The van der Waals surface area contributed by atoms with Gasteiger partial charge in [0, 0.05) is 24.0 Å². The van der Waals surface area contributed by atoms with E-state index in [-0.39, 0.29) is 11.8 Å². The number of hydrogen-bond donors (Lipinski definition) is 2.